The van der Waals surface area contributed by atoms with Crippen LogP contribution in [-0.2, 0) is 0 Å². The van der Waals surface area contributed by atoms with E-state index >= 15 is 0 Å². The second kappa shape index (κ2) is 5.19. The predicted molar refractivity (Wildman–Crippen MR) is 69.5 cm³/mol. The third kappa shape index (κ3) is 2.69. The number of amides is 1. The number of thiophene rings is 1. The topological polar surface area (TPSA) is 40.5 Å². The van der Waals surface area contributed by atoms with Gasteiger partial charge in [-0.25, -0.2) is 0 Å². The van der Waals surface area contributed by atoms with Gasteiger partial charge in [0.15, 0.2) is 0 Å². The largest absolute Gasteiger partial charge is 0.396 e. The number of carbonyl (C=O) groups excluding carboxylic acids is 1. The average Bonchev–Trinajstić information content (AvgIpc) is 2.67. The normalized spacial score (nSPS) is 20.6. The van der Waals surface area contributed by atoms with Crippen LogP contribution < -0.4 is 0 Å². The van der Waals surface area contributed by atoms with Gasteiger partial charge in [-0.2, -0.15) is 0 Å². The van der Waals surface area contributed by atoms with Crippen LogP contribution in [0.5, 0.6) is 0 Å². The summed E-state index contributed by atoms with van der Waals surface area (Å²) in [6.45, 7) is 5.73. The molecule has 1 aliphatic heterocycles. The number of aryl methyl sites for hydroxylation is 2. The van der Waals surface area contributed by atoms with Crippen LogP contribution in [0.4, 0.5) is 0 Å². The van der Waals surface area contributed by atoms with Gasteiger partial charge in [0, 0.05) is 29.5 Å². The van der Waals surface area contributed by atoms with E-state index in [0.717, 1.165) is 29.8 Å². The van der Waals surface area contributed by atoms with E-state index in [4.69, 9.17) is 0 Å². The average molecular weight is 253 g/mol. The van der Waals surface area contributed by atoms with Crippen molar-refractivity contribution in [2.75, 3.05) is 19.7 Å². The van der Waals surface area contributed by atoms with Gasteiger partial charge in [0.25, 0.3) is 5.91 Å². The Labute approximate surface area is 106 Å². The second-order valence-electron chi connectivity index (χ2n) is 4.77. The first-order valence-corrected chi connectivity index (χ1v) is 6.90. The molecule has 1 atom stereocenters. The molecule has 0 saturated carbocycles. The highest BCUT2D eigenvalue weighted by molar-refractivity contribution is 7.12. The van der Waals surface area contributed by atoms with Crippen molar-refractivity contribution in [2.45, 2.75) is 26.7 Å². The van der Waals surface area contributed by atoms with Crippen LogP contribution in [0.15, 0.2) is 6.07 Å². The van der Waals surface area contributed by atoms with Crippen molar-refractivity contribution in [3.8, 4) is 0 Å². The highest BCUT2D eigenvalue weighted by Gasteiger charge is 2.25. The highest BCUT2D eigenvalue weighted by atomic mass is 32.1. The minimum atomic E-state index is 0.130. The molecule has 0 aliphatic carbocycles. The third-order valence-electron chi connectivity index (χ3n) is 3.34. The lowest BCUT2D eigenvalue weighted by molar-refractivity contribution is 0.0620. The van der Waals surface area contributed by atoms with Crippen molar-refractivity contribution >= 4 is 17.2 Å². The van der Waals surface area contributed by atoms with Crippen molar-refractivity contribution in [2.24, 2.45) is 5.92 Å². The van der Waals surface area contributed by atoms with E-state index < -0.39 is 0 Å². The van der Waals surface area contributed by atoms with E-state index in [-0.39, 0.29) is 18.4 Å². The molecule has 1 unspecified atom stereocenters. The van der Waals surface area contributed by atoms with E-state index in [0.29, 0.717) is 6.54 Å². The van der Waals surface area contributed by atoms with Crippen molar-refractivity contribution < 1.29 is 9.90 Å². The maximum absolute atomic E-state index is 12.3. The molecular formula is C13H19NO2S. The molecular weight excluding hydrogens is 234 g/mol. The van der Waals surface area contributed by atoms with E-state index in [2.05, 4.69) is 0 Å². The molecule has 4 heteroatoms. The van der Waals surface area contributed by atoms with Gasteiger partial charge in [0.05, 0.1) is 5.56 Å². The van der Waals surface area contributed by atoms with Crippen LogP contribution >= 0.6 is 11.3 Å². The Kier molecular flexibility index (Phi) is 3.84. The molecule has 0 bridgehead atoms. The Hall–Kier alpha value is -0.870. The summed E-state index contributed by atoms with van der Waals surface area (Å²) in [7, 11) is 0. The van der Waals surface area contributed by atoms with Crippen LogP contribution in [0.25, 0.3) is 0 Å². The maximum atomic E-state index is 12.3. The molecule has 1 fully saturated rings. The van der Waals surface area contributed by atoms with Gasteiger partial charge in [-0.15, -0.1) is 11.3 Å². The Bertz CT molecular complexity index is 414. The lowest BCUT2D eigenvalue weighted by Crippen LogP contribution is -2.41. The Morgan fingerprint density at radius 2 is 2.35 bits per heavy atom. The van der Waals surface area contributed by atoms with Gasteiger partial charge in [0.1, 0.15) is 0 Å². The molecule has 17 heavy (non-hydrogen) atoms. The zero-order valence-corrected chi connectivity index (χ0v) is 11.2. The van der Waals surface area contributed by atoms with Gasteiger partial charge in [0.2, 0.25) is 0 Å². The van der Waals surface area contributed by atoms with E-state index in [1.165, 1.54) is 4.88 Å². The summed E-state index contributed by atoms with van der Waals surface area (Å²) in [5, 5.41) is 9.18. The minimum absolute atomic E-state index is 0.130. The lowest BCUT2D eigenvalue weighted by atomic mass is 9.98. The van der Waals surface area contributed by atoms with Gasteiger partial charge in [-0.1, -0.05) is 0 Å². The first kappa shape index (κ1) is 12.6. The summed E-state index contributed by atoms with van der Waals surface area (Å²) in [6.07, 6.45) is 2.03. The molecule has 1 aliphatic rings. The van der Waals surface area contributed by atoms with Crippen LogP contribution in [0, 0.1) is 19.8 Å². The summed E-state index contributed by atoms with van der Waals surface area (Å²) in [4.78, 5) is 16.5. The smallest absolute Gasteiger partial charge is 0.254 e. The van der Waals surface area contributed by atoms with Crippen LogP contribution in [-0.4, -0.2) is 35.6 Å². The fourth-order valence-electron chi connectivity index (χ4n) is 2.41. The molecule has 94 valence electrons. The number of aliphatic hydroxyl groups is 1. The highest BCUT2D eigenvalue weighted by Crippen LogP contribution is 2.24. The SMILES string of the molecule is Cc1cc(C(=O)N2CCCC(CO)C2)c(C)s1. The van der Waals surface area contributed by atoms with Gasteiger partial charge in [-0.05, 0) is 38.7 Å². The summed E-state index contributed by atoms with van der Waals surface area (Å²) in [5.41, 5.74) is 0.839. The van der Waals surface area contributed by atoms with Crippen molar-refractivity contribution in [1.29, 1.82) is 0 Å². The zero-order valence-electron chi connectivity index (χ0n) is 10.4. The molecule has 1 saturated heterocycles. The van der Waals surface area contributed by atoms with E-state index in [1.807, 2.05) is 24.8 Å². The van der Waals surface area contributed by atoms with Crippen LogP contribution in [0.3, 0.4) is 0 Å². The maximum Gasteiger partial charge on any atom is 0.254 e. The standard InChI is InChI=1S/C13H19NO2S/c1-9-6-12(10(2)17-9)13(16)14-5-3-4-11(7-14)8-15/h6,11,15H,3-5,7-8H2,1-2H3. The molecule has 2 rings (SSSR count). The lowest BCUT2D eigenvalue weighted by Gasteiger charge is -2.31. The third-order valence-corrected chi connectivity index (χ3v) is 4.30. The number of nitrogens with zero attached hydrogens (tertiary/aromatic N) is 1. The number of piperidine rings is 1. The first-order valence-electron chi connectivity index (χ1n) is 6.09. The summed E-state index contributed by atoms with van der Waals surface area (Å²) < 4.78 is 0. The molecule has 1 aromatic heterocycles. The molecule has 2 heterocycles. The van der Waals surface area contributed by atoms with Crippen molar-refractivity contribution in [1.82, 2.24) is 4.90 Å². The van der Waals surface area contributed by atoms with Gasteiger partial charge >= 0.3 is 0 Å². The van der Waals surface area contributed by atoms with Crippen molar-refractivity contribution in [3.05, 3.63) is 21.4 Å². The molecule has 1 aromatic rings. The second-order valence-corrected chi connectivity index (χ2v) is 6.23. The number of hydrogen-bond donors (Lipinski definition) is 1. The number of carbonyl (C=O) groups is 1. The number of aliphatic hydroxyl groups excluding tert-OH is 1. The van der Waals surface area contributed by atoms with E-state index in [9.17, 15) is 9.90 Å². The quantitative estimate of drug-likeness (QED) is 0.878. The Balaban J connectivity index is 2.12. The summed E-state index contributed by atoms with van der Waals surface area (Å²) >= 11 is 1.67. The minimum Gasteiger partial charge on any atom is -0.396 e. The van der Waals surface area contributed by atoms with Gasteiger partial charge in [-0.3, -0.25) is 4.79 Å². The number of rotatable bonds is 2. The molecule has 1 N–H and O–H groups in total. The molecule has 0 spiro atoms. The molecule has 1 amide bonds. The number of likely N-dealkylation sites (tertiary alicyclic amines) is 1. The van der Waals surface area contributed by atoms with Gasteiger partial charge < -0.3 is 10.0 Å². The fraction of sp³-hybridized carbons (Fsp3) is 0.615. The first-order chi connectivity index (χ1) is 8.11. The van der Waals surface area contributed by atoms with E-state index in [1.54, 1.807) is 11.3 Å². The van der Waals surface area contributed by atoms with Crippen LogP contribution in [0.2, 0.25) is 0 Å². The number of hydrogen-bond acceptors (Lipinski definition) is 3. The summed E-state index contributed by atoms with van der Waals surface area (Å²) in [6, 6.07) is 1.98. The Morgan fingerprint density at radius 3 is 2.94 bits per heavy atom. The zero-order chi connectivity index (χ0) is 12.4. The predicted octanol–water partition coefficient (Wildman–Crippen LogP) is 2.21. The molecule has 3 nitrogen and oxygen atoms in total. The van der Waals surface area contributed by atoms with Crippen LogP contribution in [0.1, 0.15) is 33.0 Å². The monoisotopic (exact) mass is 253 g/mol. The fourth-order valence-corrected chi connectivity index (χ4v) is 3.33. The summed E-state index contributed by atoms with van der Waals surface area (Å²) in [5.74, 6) is 0.387. The molecule has 0 aromatic carbocycles. The Morgan fingerprint density at radius 1 is 1.59 bits per heavy atom. The molecule has 0 radical (unpaired) electrons. The van der Waals surface area contributed by atoms with Crippen molar-refractivity contribution in [3.63, 3.8) is 0 Å².